The van der Waals surface area contributed by atoms with Crippen molar-refractivity contribution < 1.29 is 9.90 Å². The second-order valence-corrected chi connectivity index (χ2v) is 1.85. The zero-order valence-corrected chi connectivity index (χ0v) is 5.64. The van der Waals surface area contributed by atoms with E-state index in [4.69, 9.17) is 10.8 Å². The van der Waals surface area contributed by atoms with E-state index >= 15 is 0 Å². The predicted octanol–water partition coefficient (Wildman–Crippen LogP) is 0.714. The summed E-state index contributed by atoms with van der Waals surface area (Å²) in [6.07, 6.45) is 0.693. The summed E-state index contributed by atoms with van der Waals surface area (Å²) in [5.74, 6) is -1.03. The van der Waals surface area contributed by atoms with E-state index in [1.165, 1.54) is 0 Å². The van der Waals surface area contributed by atoms with E-state index < -0.39 is 5.97 Å². The lowest BCUT2D eigenvalue weighted by molar-refractivity contribution is -0.132. The predicted molar refractivity (Wildman–Crippen MR) is 34.8 cm³/mol. The maximum absolute atomic E-state index is 10.1. The maximum Gasteiger partial charge on any atom is 0.351 e. The maximum atomic E-state index is 10.1. The van der Waals surface area contributed by atoms with E-state index in [2.05, 4.69) is 0 Å². The second kappa shape index (κ2) is 3.12. The van der Waals surface area contributed by atoms with Crippen LogP contribution in [0.5, 0.6) is 0 Å². The molecule has 0 fully saturated rings. The molecular formula is C6H11NO2. The van der Waals surface area contributed by atoms with Crippen LogP contribution in [-0.4, -0.2) is 11.1 Å². The van der Waals surface area contributed by atoms with Gasteiger partial charge >= 0.3 is 5.97 Å². The molecule has 0 aromatic carbocycles. The van der Waals surface area contributed by atoms with Gasteiger partial charge in [0.25, 0.3) is 0 Å². The molecule has 0 saturated heterocycles. The number of carboxylic acid groups (broad SMARTS) is 1. The Morgan fingerprint density at radius 1 is 1.67 bits per heavy atom. The first kappa shape index (κ1) is 8.01. The molecule has 0 rings (SSSR count). The van der Waals surface area contributed by atoms with Gasteiger partial charge in [-0.05, 0) is 18.9 Å². The Balaban J connectivity index is 4.28. The lowest BCUT2D eigenvalue weighted by Gasteiger charge is -1.97. The molecule has 3 N–H and O–H groups in total. The summed E-state index contributed by atoms with van der Waals surface area (Å²) < 4.78 is 0. The van der Waals surface area contributed by atoms with E-state index in [-0.39, 0.29) is 5.70 Å². The van der Waals surface area contributed by atoms with Crippen molar-refractivity contribution in [3.05, 3.63) is 11.3 Å². The Kier molecular flexibility index (Phi) is 2.78. The van der Waals surface area contributed by atoms with Gasteiger partial charge < -0.3 is 10.8 Å². The van der Waals surface area contributed by atoms with Crippen molar-refractivity contribution in [1.29, 1.82) is 0 Å². The fourth-order valence-electron chi connectivity index (χ4n) is 0.373. The average Bonchev–Trinajstić information content (AvgIpc) is 1.84. The monoisotopic (exact) mass is 129 g/mol. The highest BCUT2D eigenvalue weighted by Gasteiger charge is 2.02. The molecule has 0 heterocycles. The van der Waals surface area contributed by atoms with Crippen LogP contribution in [0, 0.1) is 0 Å². The molecule has 0 spiro atoms. The Bertz CT molecular complexity index is 149. The molecule has 0 saturated carbocycles. The van der Waals surface area contributed by atoms with Gasteiger partial charge in [0.2, 0.25) is 0 Å². The SMILES string of the molecule is CC/C(C)=C(/N)C(=O)O. The molecule has 0 aliphatic carbocycles. The Morgan fingerprint density at radius 2 is 2.11 bits per heavy atom. The minimum Gasteiger partial charge on any atom is -0.477 e. The summed E-state index contributed by atoms with van der Waals surface area (Å²) in [4.78, 5) is 10.1. The van der Waals surface area contributed by atoms with Gasteiger partial charge in [-0.25, -0.2) is 4.79 Å². The van der Waals surface area contributed by atoms with Crippen LogP contribution in [0.25, 0.3) is 0 Å². The lowest BCUT2D eigenvalue weighted by Crippen LogP contribution is -2.11. The highest BCUT2D eigenvalue weighted by atomic mass is 16.4. The molecule has 0 unspecified atom stereocenters. The number of nitrogens with two attached hydrogens (primary N) is 1. The summed E-state index contributed by atoms with van der Waals surface area (Å²) in [5.41, 5.74) is 5.85. The molecule has 0 bridgehead atoms. The van der Waals surface area contributed by atoms with Gasteiger partial charge in [-0.3, -0.25) is 0 Å². The molecule has 52 valence electrons. The summed E-state index contributed by atoms with van der Waals surface area (Å²) in [5, 5.41) is 8.30. The van der Waals surface area contributed by atoms with Gasteiger partial charge in [0, 0.05) is 0 Å². The molecule has 3 nitrogen and oxygen atoms in total. The normalized spacial score (nSPS) is 12.7. The first-order valence-corrected chi connectivity index (χ1v) is 2.78. The molecule has 0 aromatic heterocycles. The van der Waals surface area contributed by atoms with E-state index in [9.17, 15) is 4.79 Å². The number of hydrogen-bond donors (Lipinski definition) is 2. The van der Waals surface area contributed by atoms with Gasteiger partial charge in [0.1, 0.15) is 5.70 Å². The van der Waals surface area contributed by atoms with Crippen molar-refractivity contribution in [2.45, 2.75) is 20.3 Å². The quantitative estimate of drug-likeness (QED) is 0.540. The highest BCUT2D eigenvalue weighted by molar-refractivity contribution is 5.86. The van der Waals surface area contributed by atoms with Crippen molar-refractivity contribution in [2.75, 3.05) is 0 Å². The van der Waals surface area contributed by atoms with Crippen molar-refractivity contribution >= 4 is 5.97 Å². The van der Waals surface area contributed by atoms with Gasteiger partial charge in [0.15, 0.2) is 0 Å². The molecule has 0 atom stereocenters. The lowest BCUT2D eigenvalue weighted by atomic mass is 10.2. The fraction of sp³-hybridized carbons (Fsp3) is 0.500. The van der Waals surface area contributed by atoms with Crippen LogP contribution < -0.4 is 5.73 Å². The van der Waals surface area contributed by atoms with Crippen molar-refractivity contribution in [3.8, 4) is 0 Å². The number of aliphatic carboxylic acids is 1. The van der Waals surface area contributed by atoms with E-state index in [1.54, 1.807) is 6.92 Å². The molecule has 0 aliphatic rings. The van der Waals surface area contributed by atoms with Gasteiger partial charge in [0.05, 0.1) is 0 Å². The second-order valence-electron chi connectivity index (χ2n) is 1.85. The topological polar surface area (TPSA) is 63.3 Å². The Hall–Kier alpha value is -0.990. The van der Waals surface area contributed by atoms with Crippen LogP contribution in [-0.2, 0) is 4.79 Å². The van der Waals surface area contributed by atoms with Crippen molar-refractivity contribution in [1.82, 2.24) is 0 Å². The summed E-state index contributed by atoms with van der Waals surface area (Å²) in [7, 11) is 0. The summed E-state index contributed by atoms with van der Waals surface area (Å²) >= 11 is 0. The van der Waals surface area contributed by atoms with E-state index in [0.717, 1.165) is 5.57 Å². The number of allylic oxidation sites excluding steroid dienone is 1. The van der Waals surface area contributed by atoms with Crippen LogP contribution in [0.4, 0.5) is 0 Å². The number of carbonyl (C=O) groups is 1. The van der Waals surface area contributed by atoms with Crippen LogP contribution >= 0.6 is 0 Å². The summed E-state index contributed by atoms with van der Waals surface area (Å²) in [6, 6.07) is 0. The summed E-state index contributed by atoms with van der Waals surface area (Å²) in [6.45, 7) is 3.58. The van der Waals surface area contributed by atoms with Crippen molar-refractivity contribution in [3.63, 3.8) is 0 Å². The van der Waals surface area contributed by atoms with Crippen LogP contribution in [0.2, 0.25) is 0 Å². The molecule has 0 amide bonds. The molecule has 0 aromatic rings. The van der Waals surface area contributed by atoms with Crippen molar-refractivity contribution in [2.24, 2.45) is 5.73 Å². The third-order valence-electron chi connectivity index (χ3n) is 1.22. The van der Waals surface area contributed by atoms with Crippen LogP contribution in [0.3, 0.4) is 0 Å². The van der Waals surface area contributed by atoms with Gasteiger partial charge in [-0.1, -0.05) is 6.92 Å². The molecule has 0 radical (unpaired) electrons. The fourth-order valence-corrected chi connectivity index (χ4v) is 0.373. The number of hydrogen-bond acceptors (Lipinski definition) is 2. The van der Waals surface area contributed by atoms with Crippen LogP contribution in [0.1, 0.15) is 20.3 Å². The molecular weight excluding hydrogens is 118 g/mol. The number of rotatable bonds is 2. The first-order valence-electron chi connectivity index (χ1n) is 2.78. The third kappa shape index (κ3) is 2.17. The standard InChI is InChI=1S/C6H11NO2/c1-3-4(2)5(7)6(8)9/h3,7H2,1-2H3,(H,8,9)/b5-4+. The third-order valence-corrected chi connectivity index (χ3v) is 1.22. The van der Waals surface area contributed by atoms with Gasteiger partial charge in [-0.2, -0.15) is 0 Å². The molecule has 0 aliphatic heterocycles. The highest BCUT2D eigenvalue weighted by Crippen LogP contribution is 2.01. The minimum absolute atomic E-state index is 0.0301. The zero-order valence-electron chi connectivity index (χ0n) is 5.64. The Morgan fingerprint density at radius 3 is 2.22 bits per heavy atom. The van der Waals surface area contributed by atoms with E-state index in [0.29, 0.717) is 6.42 Å². The minimum atomic E-state index is -1.03. The van der Waals surface area contributed by atoms with Crippen LogP contribution in [0.15, 0.2) is 11.3 Å². The smallest absolute Gasteiger partial charge is 0.351 e. The largest absolute Gasteiger partial charge is 0.477 e. The first-order chi connectivity index (χ1) is 4.09. The van der Waals surface area contributed by atoms with E-state index in [1.807, 2.05) is 6.92 Å². The molecule has 9 heavy (non-hydrogen) atoms. The average molecular weight is 129 g/mol. The molecule has 3 heteroatoms. The Labute approximate surface area is 54.2 Å². The number of carboxylic acids is 1. The van der Waals surface area contributed by atoms with Gasteiger partial charge in [-0.15, -0.1) is 0 Å². The zero-order chi connectivity index (χ0) is 7.44.